The van der Waals surface area contributed by atoms with Crippen LogP contribution in [0.15, 0.2) is 43.1 Å². The van der Waals surface area contributed by atoms with Crippen molar-refractivity contribution in [3.05, 3.63) is 54.5 Å². The molecular formula is C16H18N6. The van der Waals surface area contributed by atoms with Crippen LogP contribution in [0.1, 0.15) is 18.3 Å². The highest BCUT2D eigenvalue weighted by Crippen LogP contribution is 2.20. The quantitative estimate of drug-likeness (QED) is 0.679. The standard InChI is InChI=1S/C16H18N6/c1-4-9-21-11-14(18-20-21)16-17-15(5-2)19-22(16)13-8-6-7-12(3)10-13/h4,6-8,10-11H,1,5,9H2,2-3H3. The molecule has 22 heavy (non-hydrogen) atoms. The SMILES string of the molecule is C=CCn1cc(-c2nc(CC)nn2-c2cccc(C)c2)nn1. The van der Waals surface area contributed by atoms with Crippen LogP contribution in [0.2, 0.25) is 0 Å². The molecule has 0 radical (unpaired) electrons. The number of nitrogens with zero attached hydrogens (tertiary/aromatic N) is 6. The van der Waals surface area contributed by atoms with Crippen molar-refractivity contribution in [2.45, 2.75) is 26.8 Å². The molecule has 0 saturated heterocycles. The van der Waals surface area contributed by atoms with Gasteiger partial charge in [-0.1, -0.05) is 30.3 Å². The normalized spacial score (nSPS) is 10.8. The maximum atomic E-state index is 4.59. The van der Waals surface area contributed by atoms with Gasteiger partial charge in [-0.3, -0.25) is 0 Å². The molecule has 2 aromatic heterocycles. The van der Waals surface area contributed by atoms with E-state index in [2.05, 4.69) is 46.0 Å². The van der Waals surface area contributed by atoms with Crippen LogP contribution >= 0.6 is 0 Å². The first-order chi connectivity index (χ1) is 10.7. The van der Waals surface area contributed by atoms with Gasteiger partial charge in [0.15, 0.2) is 11.6 Å². The van der Waals surface area contributed by atoms with Crippen molar-refractivity contribution in [3.63, 3.8) is 0 Å². The third-order valence-corrected chi connectivity index (χ3v) is 3.30. The van der Waals surface area contributed by atoms with Crippen molar-refractivity contribution in [1.82, 2.24) is 29.8 Å². The Morgan fingerprint density at radius 1 is 1.32 bits per heavy atom. The van der Waals surface area contributed by atoms with Crippen molar-refractivity contribution in [1.29, 1.82) is 0 Å². The van der Waals surface area contributed by atoms with Crippen LogP contribution in [0.25, 0.3) is 17.2 Å². The van der Waals surface area contributed by atoms with Crippen molar-refractivity contribution in [3.8, 4) is 17.2 Å². The summed E-state index contributed by atoms with van der Waals surface area (Å²) in [6.07, 6.45) is 4.41. The zero-order valence-corrected chi connectivity index (χ0v) is 12.8. The summed E-state index contributed by atoms with van der Waals surface area (Å²) in [4.78, 5) is 4.59. The van der Waals surface area contributed by atoms with E-state index in [1.807, 2.05) is 29.9 Å². The third-order valence-electron chi connectivity index (χ3n) is 3.30. The van der Waals surface area contributed by atoms with E-state index in [0.29, 0.717) is 18.1 Å². The highest BCUT2D eigenvalue weighted by Gasteiger charge is 2.16. The fourth-order valence-electron chi connectivity index (χ4n) is 2.23. The topological polar surface area (TPSA) is 61.4 Å². The van der Waals surface area contributed by atoms with Gasteiger partial charge in [0, 0.05) is 6.42 Å². The molecule has 0 N–H and O–H groups in total. The summed E-state index contributed by atoms with van der Waals surface area (Å²) in [6.45, 7) is 8.42. The summed E-state index contributed by atoms with van der Waals surface area (Å²) in [6, 6.07) is 8.15. The molecule has 0 fully saturated rings. The molecular weight excluding hydrogens is 276 g/mol. The van der Waals surface area contributed by atoms with E-state index in [1.165, 1.54) is 5.56 Å². The average molecular weight is 294 g/mol. The maximum absolute atomic E-state index is 4.59. The number of aryl methyl sites for hydroxylation is 2. The zero-order valence-electron chi connectivity index (χ0n) is 12.8. The number of hydrogen-bond donors (Lipinski definition) is 0. The first kappa shape index (κ1) is 14.2. The molecule has 0 aliphatic heterocycles. The Bertz CT molecular complexity index is 799. The number of allylic oxidation sites excluding steroid dienone is 1. The minimum atomic E-state index is 0.617. The minimum Gasteiger partial charge on any atom is -0.248 e. The van der Waals surface area contributed by atoms with Crippen LogP contribution in [0.5, 0.6) is 0 Å². The molecule has 112 valence electrons. The highest BCUT2D eigenvalue weighted by atomic mass is 15.4. The minimum absolute atomic E-state index is 0.617. The smallest absolute Gasteiger partial charge is 0.185 e. The van der Waals surface area contributed by atoms with Crippen LogP contribution in [-0.2, 0) is 13.0 Å². The summed E-state index contributed by atoms with van der Waals surface area (Å²) < 4.78 is 3.55. The average Bonchev–Trinajstić information content (AvgIpc) is 3.13. The molecule has 0 aliphatic carbocycles. The second-order valence-corrected chi connectivity index (χ2v) is 5.07. The lowest BCUT2D eigenvalue weighted by molar-refractivity contribution is 0.662. The van der Waals surface area contributed by atoms with Crippen LogP contribution in [0.3, 0.4) is 0 Å². The van der Waals surface area contributed by atoms with Crippen LogP contribution < -0.4 is 0 Å². The highest BCUT2D eigenvalue weighted by molar-refractivity contribution is 5.52. The molecule has 0 unspecified atom stereocenters. The Balaban J connectivity index is 2.10. The van der Waals surface area contributed by atoms with Gasteiger partial charge in [-0.2, -0.15) is 5.10 Å². The Labute approximate surface area is 129 Å². The fraction of sp³-hybridized carbons (Fsp3) is 0.250. The third kappa shape index (κ3) is 2.67. The Morgan fingerprint density at radius 3 is 2.91 bits per heavy atom. The van der Waals surface area contributed by atoms with Gasteiger partial charge < -0.3 is 0 Å². The molecule has 3 rings (SSSR count). The van der Waals surface area contributed by atoms with Gasteiger partial charge in [-0.25, -0.2) is 14.3 Å². The van der Waals surface area contributed by atoms with E-state index < -0.39 is 0 Å². The molecule has 1 aromatic carbocycles. The second-order valence-electron chi connectivity index (χ2n) is 5.07. The molecule has 0 bridgehead atoms. The summed E-state index contributed by atoms with van der Waals surface area (Å²) in [5.74, 6) is 1.49. The Kier molecular flexibility index (Phi) is 3.82. The molecule has 0 amide bonds. The van der Waals surface area contributed by atoms with E-state index in [-0.39, 0.29) is 0 Å². The lowest BCUT2D eigenvalue weighted by Gasteiger charge is -2.04. The van der Waals surface area contributed by atoms with Crippen molar-refractivity contribution in [2.75, 3.05) is 0 Å². The van der Waals surface area contributed by atoms with Gasteiger partial charge >= 0.3 is 0 Å². The summed E-state index contributed by atoms with van der Waals surface area (Å²) >= 11 is 0. The lowest BCUT2D eigenvalue weighted by Crippen LogP contribution is -2.00. The van der Waals surface area contributed by atoms with Gasteiger partial charge in [0.2, 0.25) is 0 Å². The second kappa shape index (κ2) is 5.93. The van der Waals surface area contributed by atoms with E-state index in [0.717, 1.165) is 17.9 Å². The number of benzene rings is 1. The predicted octanol–water partition coefficient (Wildman–Crippen LogP) is 2.58. The van der Waals surface area contributed by atoms with Gasteiger partial charge in [-0.05, 0) is 24.6 Å². The van der Waals surface area contributed by atoms with E-state index >= 15 is 0 Å². The van der Waals surface area contributed by atoms with Crippen LogP contribution in [0.4, 0.5) is 0 Å². The zero-order chi connectivity index (χ0) is 15.5. The monoisotopic (exact) mass is 294 g/mol. The summed E-state index contributed by atoms with van der Waals surface area (Å²) in [5.41, 5.74) is 2.85. The molecule has 6 nitrogen and oxygen atoms in total. The van der Waals surface area contributed by atoms with Gasteiger partial charge in [0.1, 0.15) is 5.69 Å². The van der Waals surface area contributed by atoms with E-state index in [1.54, 1.807) is 10.8 Å². The fourth-order valence-corrected chi connectivity index (χ4v) is 2.23. The molecule has 0 aliphatic rings. The molecule has 0 saturated carbocycles. The van der Waals surface area contributed by atoms with Crippen molar-refractivity contribution >= 4 is 0 Å². The van der Waals surface area contributed by atoms with E-state index in [4.69, 9.17) is 0 Å². The molecule has 0 spiro atoms. The Morgan fingerprint density at radius 2 is 2.18 bits per heavy atom. The largest absolute Gasteiger partial charge is 0.248 e. The van der Waals surface area contributed by atoms with Gasteiger partial charge in [0.25, 0.3) is 0 Å². The first-order valence-corrected chi connectivity index (χ1v) is 7.25. The van der Waals surface area contributed by atoms with Crippen LogP contribution in [0, 0.1) is 6.92 Å². The van der Waals surface area contributed by atoms with Crippen molar-refractivity contribution < 1.29 is 0 Å². The molecule has 2 heterocycles. The number of rotatable bonds is 5. The van der Waals surface area contributed by atoms with Gasteiger partial charge in [-0.15, -0.1) is 11.7 Å². The lowest BCUT2D eigenvalue weighted by atomic mass is 10.2. The molecule has 3 aromatic rings. The summed E-state index contributed by atoms with van der Waals surface area (Å²) in [5, 5.41) is 12.9. The number of hydrogen-bond acceptors (Lipinski definition) is 4. The predicted molar refractivity (Wildman–Crippen MR) is 84.7 cm³/mol. The summed E-state index contributed by atoms with van der Waals surface area (Å²) in [7, 11) is 0. The Hall–Kier alpha value is -2.76. The van der Waals surface area contributed by atoms with Gasteiger partial charge in [0.05, 0.1) is 18.4 Å². The van der Waals surface area contributed by atoms with Crippen molar-refractivity contribution in [2.24, 2.45) is 0 Å². The van der Waals surface area contributed by atoms with Crippen LogP contribution in [-0.4, -0.2) is 29.8 Å². The number of aromatic nitrogens is 6. The molecule has 6 heteroatoms. The van der Waals surface area contributed by atoms with E-state index in [9.17, 15) is 0 Å². The maximum Gasteiger partial charge on any atom is 0.185 e. The molecule has 0 atom stereocenters. The first-order valence-electron chi connectivity index (χ1n) is 7.25.